The monoisotopic (exact) mass is 1550 g/mol. The first-order valence-electron chi connectivity index (χ1n) is 34.1. The average Bonchev–Trinajstić information content (AvgIpc) is 1.13. The standard InChI is InChI=1S/C65H97FN16O21S3/c1-2-69-59(91)49-38-104-41-56(87)76-46(11-6-7-17-70-53(84)35-102-36-54(85)71-19-21-97-23-25-99-27-29-101-30-28-100-26-24-98-22-20-72-55(86)37-103-75-33-43-13-15-44(66)16-14-43)60(92)81-50-39-105-106-40-51(64(96)79-47(61(93)80-49)31-42-9-4-3-5-10-42)82-62(94)48(32-57(88)89)77-52(83)34-74-58(90)45(78-63(50)95)12-8-18-73-65(67)68/h3-5,9-10,13-16,33,45-51H,2,6-8,11-12,17-32,34-41H2,1H3,(H,69,91)(H,70,84)(H,71,85)(H,72,86)(H,74,90)(H,76,87)(H,77,83)(H,78,95)(H,79,96)(H,80,93)(H,81,92)(H,82,94)(H,88,89)(H4,67,68,73)/b75-33+/t45-,46-,47-,48-,49-,50-,51-/m0/s1/i66-1. The Morgan fingerprint density at radius 1 is 0.557 bits per heavy atom. The maximum Gasteiger partial charge on any atom is 0.305 e. The molecule has 106 heavy (non-hydrogen) atoms. The minimum absolute atomic E-state index is 0.00193. The highest BCUT2D eigenvalue weighted by atomic mass is 33.1. The Hall–Kier alpha value is -8.97. The van der Waals surface area contributed by atoms with Crippen LogP contribution in [0.1, 0.15) is 56.6 Å². The van der Waals surface area contributed by atoms with Crippen molar-refractivity contribution in [1.82, 2.24) is 63.8 Å². The molecule has 2 aromatic rings. The fraction of sp³-hybridized carbons (Fsp3) is 0.585. The number of fused-ring (bicyclic) bond motifs is 5. The number of hydrogen-bond donors (Lipinski definition) is 15. The number of carbonyl (C=O) groups is 13. The summed E-state index contributed by atoms with van der Waals surface area (Å²) in [6.07, 6.45) is 0.591. The van der Waals surface area contributed by atoms with Gasteiger partial charge in [-0.2, -0.15) is 0 Å². The summed E-state index contributed by atoms with van der Waals surface area (Å²) in [4.78, 5) is 184. The molecule has 0 saturated carbocycles. The molecule has 4 rings (SSSR count). The SMILES string of the molecule is CCNC(=O)[C@@H]1CSCC(=O)N[C@@H](CCCCNC(=O)COCC(=O)NCCOCCOCCOCCOCCOCCNC(=O)CO/N=C/c2ccc([18F])cc2)C(=O)N[C@H]2CSSC[C@H](NC(=O)[C@H](CC(=O)O)NC(=O)CNC(=O)[C@H](CCCN=C(N)N)NC2=O)C(=O)N[C@@H](Cc2ccccc2)C(=O)N1. The molecule has 2 bridgehead atoms. The Morgan fingerprint density at radius 3 is 1.65 bits per heavy atom. The summed E-state index contributed by atoms with van der Waals surface area (Å²) in [6, 6.07) is 3.71. The molecule has 2 heterocycles. The van der Waals surface area contributed by atoms with Gasteiger partial charge in [0.05, 0.1) is 91.0 Å². The Morgan fingerprint density at radius 2 is 1.08 bits per heavy atom. The highest BCUT2D eigenvalue weighted by Crippen LogP contribution is 2.24. The Bertz CT molecular complexity index is 3170. The number of nitrogens with two attached hydrogens (primary N) is 2. The third-order valence-corrected chi connectivity index (χ3v) is 18.1. The summed E-state index contributed by atoms with van der Waals surface area (Å²) in [5, 5.41) is 44.4. The van der Waals surface area contributed by atoms with E-state index in [1.54, 1.807) is 37.3 Å². The fourth-order valence-electron chi connectivity index (χ4n) is 9.31. The van der Waals surface area contributed by atoms with E-state index in [2.05, 4.69) is 73.9 Å². The van der Waals surface area contributed by atoms with Gasteiger partial charge in [-0.05, 0) is 62.3 Å². The van der Waals surface area contributed by atoms with Crippen molar-refractivity contribution in [3.8, 4) is 0 Å². The number of carbonyl (C=O) groups excluding carboxylic acids is 12. The van der Waals surface area contributed by atoms with Crippen LogP contribution in [0.3, 0.4) is 0 Å². The van der Waals surface area contributed by atoms with Crippen molar-refractivity contribution in [2.45, 2.75) is 94.2 Å². The molecule has 41 heteroatoms. The number of benzene rings is 2. The summed E-state index contributed by atoms with van der Waals surface area (Å²) in [5.74, 6) is -12.8. The van der Waals surface area contributed by atoms with Crippen LogP contribution in [0.25, 0.3) is 0 Å². The van der Waals surface area contributed by atoms with Crippen LogP contribution >= 0.6 is 33.3 Å². The van der Waals surface area contributed by atoms with Gasteiger partial charge in [0.25, 0.3) is 5.91 Å². The Labute approximate surface area is 623 Å². The van der Waals surface area contributed by atoms with Gasteiger partial charge in [0.1, 0.15) is 61.3 Å². The molecule has 2 aromatic carbocycles. The van der Waals surface area contributed by atoms with Crippen molar-refractivity contribution >= 4 is 122 Å². The third-order valence-electron chi connectivity index (χ3n) is 14.6. The number of rotatable bonds is 41. The number of aliphatic carboxylic acids is 1. The molecular formula is C65H97FN16O21S3. The Balaban J connectivity index is 1.28. The van der Waals surface area contributed by atoms with E-state index >= 15 is 0 Å². The number of likely N-dealkylation sites (N-methyl/N-ethyl adjacent to an activating group) is 1. The number of nitrogens with zero attached hydrogens (tertiary/aromatic N) is 2. The number of carboxylic acids is 1. The van der Waals surface area contributed by atoms with Crippen LogP contribution in [0.4, 0.5) is 4.39 Å². The lowest BCUT2D eigenvalue weighted by Crippen LogP contribution is -2.60. The number of halogens is 1. The third kappa shape index (κ3) is 40.5. The van der Waals surface area contributed by atoms with Crippen molar-refractivity contribution < 1.29 is 105 Å². The van der Waals surface area contributed by atoms with Crippen molar-refractivity contribution in [3.63, 3.8) is 0 Å². The molecule has 0 aliphatic carbocycles. The predicted molar refractivity (Wildman–Crippen MR) is 387 cm³/mol. The number of ether oxygens (including phenoxy) is 6. The number of hydrogen-bond acceptors (Lipinski definition) is 25. The van der Waals surface area contributed by atoms with Crippen molar-refractivity contribution in [2.24, 2.45) is 21.6 Å². The van der Waals surface area contributed by atoms with E-state index in [1.807, 2.05) is 0 Å². The van der Waals surface area contributed by atoms with Crippen molar-refractivity contribution in [2.75, 3.05) is 148 Å². The number of oxime groups is 1. The van der Waals surface area contributed by atoms with Crippen LogP contribution in [-0.2, 0) is 102 Å². The summed E-state index contributed by atoms with van der Waals surface area (Å²) in [5.41, 5.74) is 12.2. The molecule has 7 atom stereocenters. The predicted octanol–water partition coefficient (Wildman–Crippen LogP) is -4.65. The summed E-state index contributed by atoms with van der Waals surface area (Å²) < 4.78 is 45.6. The number of aliphatic imine (C=N–C) groups is 1. The van der Waals surface area contributed by atoms with Gasteiger partial charge < -0.3 is 114 Å². The molecule has 0 aromatic heterocycles. The second kappa shape index (κ2) is 53.7. The maximum absolute atomic E-state index is 14.5. The number of amides is 12. The normalized spacial score (nSPS) is 19.7. The smallest absolute Gasteiger partial charge is 0.305 e. The highest BCUT2D eigenvalue weighted by Gasteiger charge is 2.35. The van der Waals surface area contributed by atoms with E-state index in [0.29, 0.717) is 50.8 Å². The molecule has 2 fully saturated rings. The first-order chi connectivity index (χ1) is 51.1. The quantitative estimate of drug-likeness (QED) is 0.00979. The van der Waals surface area contributed by atoms with Gasteiger partial charge in [0, 0.05) is 56.4 Å². The molecular weight excluding hydrogens is 1460 g/mol. The van der Waals surface area contributed by atoms with Crippen molar-refractivity contribution in [3.05, 3.63) is 71.5 Å². The summed E-state index contributed by atoms with van der Waals surface area (Å²) >= 11 is 0.920. The van der Waals surface area contributed by atoms with Crippen LogP contribution in [-0.4, -0.2) is 285 Å². The number of thioether (sulfide) groups is 1. The number of unbranched alkanes of at least 4 members (excludes halogenated alkanes) is 1. The van der Waals surface area contributed by atoms with E-state index < -0.39 is 139 Å². The van der Waals surface area contributed by atoms with Crippen LogP contribution in [0, 0.1) is 5.82 Å². The molecule has 2 saturated heterocycles. The first kappa shape index (κ1) is 89.4. The van der Waals surface area contributed by atoms with Gasteiger partial charge >= 0.3 is 5.97 Å². The lowest BCUT2D eigenvalue weighted by Gasteiger charge is -2.27. The molecule has 0 radical (unpaired) electrons. The average molecular weight is 1550 g/mol. The van der Waals surface area contributed by atoms with Crippen LogP contribution in [0.15, 0.2) is 64.7 Å². The molecule has 12 amide bonds. The minimum Gasteiger partial charge on any atom is -0.481 e. The van der Waals surface area contributed by atoms with Crippen LogP contribution in [0.5, 0.6) is 0 Å². The van der Waals surface area contributed by atoms with E-state index in [-0.39, 0.29) is 145 Å². The molecule has 0 unspecified atom stereocenters. The highest BCUT2D eigenvalue weighted by molar-refractivity contribution is 8.76. The van der Waals surface area contributed by atoms with Gasteiger partial charge in [-0.1, -0.05) is 69.2 Å². The number of carboxylic acid groups (broad SMARTS) is 1. The zero-order valence-electron chi connectivity index (χ0n) is 58.8. The second-order valence-corrected chi connectivity index (χ2v) is 26.7. The lowest BCUT2D eigenvalue weighted by molar-refractivity contribution is -0.141. The fourth-order valence-corrected chi connectivity index (χ4v) is 12.5. The summed E-state index contributed by atoms with van der Waals surface area (Å²) in [7, 11) is 1.83. The second-order valence-electron chi connectivity index (χ2n) is 23.1. The van der Waals surface area contributed by atoms with Gasteiger partial charge in [-0.3, -0.25) is 67.3 Å². The van der Waals surface area contributed by atoms with Gasteiger partial charge in [-0.25, -0.2) is 4.39 Å². The largest absolute Gasteiger partial charge is 0.481 e. The topological polar surface area (TPSA) is 528 Å². The minimum atomic E-state index is -1.81. The molecule has 0 spiro atoms. The van der Waals surface area contributed by atoms with E-state index in [4.69, 9.17) is 44.7 Å². The first-order valence-corrected chi connectivity index (χ1v) is 37.7. The van der Waals surface area contributed by atoms with E-state index in [9.17, 15) is 71.8 Å². The van der Waals surface area contributed by atoms with Crippen molar-refractivity contribution in [1.29, 1.82) is 0 Å². The van der Waals surface area contributed by atoms with Gasteiger partial charge in [-0.15, -0.1) is 11.8 Å². The maximum atomic E-state index is 14.5. The number of nitrogens with one attached hydrogen (secondary N) is 12. The molecule has 2 aliphatic rings. The molecule has 17 N–H and O–H groups in total. The zero-order chi connectivity index (χ0) is 77.1. The van der Waals surface area contributed by atoms with Gasteiger partial charge in [0.2, 0.25) is 65.0 Å². The van der Waals surface area contributed by atoms with Gasteiger partial charge in [0.15, 0.2) is 12.6 Å². The van der Waals surface area contributed by atoms with Crippen LogP contribution in [0.2, 0.25) is 0 Å². The Kier molecular flexibility index (Phi) is 45.3. The molecule has 588 valence electrons. The summed E-state index contributed by atoms with van der Waals surface area (Å²) in [6.45, 7) is 3.14. The molecule has 2 aliphatic heterocycles. The lowest BCUT2D eigenvalue weighted by atomic mass is 10.0. The number of guanidine groups is 1. The zero-order valence-corrected chi connectivity index (χ0v) is 61.2. The van der Waals surface area contributed by atoms with E-state index in [0.717, 1.165) is 33.3 Å². The van der Waals surface area contributed by atoms with E-state index in [1.165, 1.54) is 30.5 Å². The van der Waals surface area contributed by atoms with Crippen LogP contribution < -0.4 is 75.3 Å². The molecule has 37 nitrogen and oxygen atoms in total.